The van der Waals surface area contributed by atoms with Crippen LogP contribution in [-0.2, 0) is 4.79 Å². The number of amides is 2. The van der Waals surface area contributed by atoms with Gasteiger partial charge in [0.1, 0.15) is 11.4 Å². The van der Waals surface area contributed by atoms with Gasteiger partial charge in [-0.15, -0.1) is 11.3 Å². The number of nitrogens with one attached hydrogen (secondary N) is 2. The zero-order valence-corrected chi connectivity index (χ0v) is 17.0. The lowest BCUT2D eigenvalue weighted by Crippen LogP contribution is -2.55. The van der Waals surface area contributed by atoms with Crippen molar-refractivity contribution < 1.29 is 14.0 Å². The van der Waals surface area contributed by atoms with Crippen LogP contribution in [0.5, 0.6) is 0 Å². The third-order valence-electron chi connectivity index (χ3n) is 5.03. The Morgan fingerprint density at radius 1 is 1.18 bits per heavy atom. The second-order valence-electron chi connectivity index (χ2n) is 7.58. The molecule has 1 saturated heterocycles. The summed E-state index contributed by atoms with van der Waals surface area (Å²) in [6, 6.07) is 9.96. The average Bonchev–Trinajstić information content (AvgIpc) is 3.37. The van der Waals surface area contributed by atoms with Crippen LogP contribution in [0.3, 0.4) is 0 Å². The lowest BCUT2D eigenvalue weighted by molar-refractivity contribution is -0.126. The van der Waals surface area contributed by atoms with Crippen LogP contribution in [0, 0.1) is 5.82 Å². The van der Waals surface area contributed by atoms with Gasteiger partial charge in [0.2, 0.25) is 5.91 Å². The number of benzene rings is 1. The van der Waals surface area contributed by atoms with E-state index < -0.39 is 5.54 Å². The number of rotatable bonds is 7. The minimum absolute atomic E-state index is 0.0177. The lowest BCUT2D eigenvalue weighted by atomic mass is 10.0. The summed E-state index contributed by atoms with van der Waals surface area (Å²) >= 11 is 1.34. The third-order valence-corrected chi connectivity index (χ3v) is 5.90. The third kappa shape index (κ3) is 4.97. The molecule has 1 aromatic heterocycles. The van der Waals surface area contributed by atoms with E-state index in [0.717, 1.165) is 31.5 Å². The zero-order chi connectivity index (χ0) is 20.1. The first-order valence-electron chi connectivity index (χ1n) is 9.50. The van der Waals surface area contributed by atoms with Crippen LogP contribution in [0.2, 0.25) is 0 Å². The predicted molar refractivity (Wildman–Crippen MR) is 109 cm³/mol. The van der Waals surface area contributed by atoms with Gasteiger partial charge < -0.3 is 10.6 Å². The van der Waals surface area contributed by atoms with E-state index in [9.17, 15) is 14.0 Å². The Morgan fingerprint density at radius 3 is 2.46 bits per heavy atom. The quantitative estimate of drug-likeness (QED) is 0.745. The molecule has 1 fully saturated rings. The van der Waals surface area contributed by atoms with Gasteiger partial charge in [0.15, 0.2) is 0 Å². The Morgan fingerprint density at radius 2 is 1.86 bits per heavy atom. The second kappa shape index (κ2) is 8.84. The van der Waals surface area contributed by atoms with E-state index in [-0.39, 0.29) is 23.7 Å². The van der Waals surface area contributed by atoms with Crippen LogP contribution in [0.4, 0.5) is 4.39 Å². The molecule has 2 heterocycles. The number of nitrogens with zero attached hydrogens (tertiary/aromatic N) is 1. The number of carbonyl (C=O) groups excluding carboxylic acids is 2. The van der Waals surface area contributed by atoms with Crippen LogP contribution < -0.4 is 10.6 Å². The summed E-state index contributed by atoms with van der Waals surface area (Å²) in [6.45, 7) is 5.70. The fraction of sp³-hybridized carbons (Fsp3) is 0.429. The molecule has 2 aromatic rings. The van der Waals surface area contributed by atoms with Crippen LogP contribution in [0.25, 0.3) is 0 Å². The Hall–Kier alpha value is -2.25. The summed E-state index contributed by atoms with van der Waals surface area (Å²) in [5.41, 5.74) is -0.0663. The number of carbonyl (C=O) groups is 2. The molecule has 3 rings (SSSR count). The van der Waals surface area contributed by atoms with Gasteiger partial charge in [0, 0.05) is 6.54 Å². The van der Waals surface area contributed by atoms with Crippen LogP contribution in [0.15, 0.2) is 41.8 Å². The molecule has 2 N–H and O–H groups in total. The highest BCUT2D eigenvalue weighted by Crippen LogP contribution is 2.25. The maximum Gasteiger partial charge on any atom is 0.262 e. The van der Waals surface area contributed by atoms with Crippen molar-refractivity contribution >= 4 is 23.2 Å². The van der Waals surface area contributed by atoms with Crippen LogP contribution >= 0.6 is 11.3 Å². The van der Waals surface area contributed by atoms with Gasteiger partial charge in [-0.25, -0.2) is 4.39 Å². The van der Waals surface area contributed by atoms with Gasteiger partial charge in [-0.2, -0.15) is 0 Å². The monoisotopic (exact) mass is 403 g/mol. The molecule has 2 amide bonds. The SMILES string of the molecule is CC(C)(NC(=O)c1cccs1)C(=O)NCC(c1ccc(F)cc1)N1CCCC1. The molecule has 1 aromatic carbocycles. The minimum atomic E-state index is -1.04. The summed E-state index contributed by atoms with van der Waals surface area (Å²) in [7, 11) is 0. The molecule has 28 heavy (non-hydrogen) atoms. The van der Waals surface area contributed by atoms with Crippen molar-refractivity contribution in [1.29, 1.82) is 0 Å². The van der Waals surface area contributed by atoms with Gasteiger partial charge in [-0.1, -0.05) is 18.2 Å². The van der Waals surface area contributed by atoms with Crippen molar-refractivity contribution in [2.24, 2.45) is 0 Å². The molecule has 0 aliphatic carbocycles. The number of hydrogen-bond acceptors (Lipinski definition) is 4. The summed E-state index contributed by atoms with van der Waals surface area (Å²) in [4.78, 5) is 28.0. The fourth-order valence-corrected chi connectivity index (χ4v) is 4.04. The summed E-state index contributed by atoms with van der Waals surface area (Å²) in [6.07, 6.45) is 2.24. The van der Waals surface area contributed by atoms with Crippen LogP contribution in [-0.4, -0.2) is 41.9 Å². The molecular formula is C21H26FN3O2S. The molecule has 1 unspecified atom stereocenters. The van der Waals surface area contributed by atoms with Gasteiger partial charge in [0.25, 0.3) is 5.91 Å². The smallest absolute Gasteiger partial charge is 0.262 e. The maximum absolute atomic E-state index is 13.3. The molecule has 5 nitrogen and oxygen atoms in total. The summed E-state index contributed by atoms with van der Waals surface area (Å²) in [5.74, 6) is -0.779. The van der Waals surface area contributed by atoms with Gasteiger partial charge >= 0.3 is 0 Å². The normalized spacial score (nSPS) is 16.0. The van der Waals surface area contributed by atoms with Crippen LogP contribution in [0.1, 0.15) is 48.0 Å². The lowest BCUT2D eigenvalue weighted by Gasteiger charge is -2.31. The molecule has 150 valence electrons. The molecule has 0 saturated carbocycles. The van der Waals surface area contributed by atoms with Gasteiger partial charge in [-0.05, 0) is 68.9 Å². The van der Waals surface area contributed by atoms with E-state index in [2.05, 4.69) is 15.5 Å². The highest BCUT2D eigenvalue weighted by atomic mass is 32.1. The summed E-state index contributed by atoms with van der Waals surface area (Å²) in [5, 5.41) is 7.60. The fourth-order valence-electron chi connectivity index (χ4n) is 3.42. The van der Waals surface area contributed by atoms with Crippen molar-refractivity contribution in [3.8, 4) is 0 Å². The average molecular weight is 404 g/mol. The number of halogens is 1. The molecule has 1 aliphatic heterocycles. The number of thiophene rings is 1. The van der Waals surface area contributed by atoms with E-state index in [1.54, 1.807) is 38.1 Å². The van der Waals surface area contributed by atoms with Crippen molar-refractivity contribution in [3.63, 3.8) is 0 Å². The highest BCUT2D eigenvalue weighted by molar-refractivity contribution is 7.12. The van der Waals surface area contributed by atoms with Crippen molar-refractivity contribution in [2.75, 3.05) is 19.6 Å². The van der Waals surface area contributed by atoms with E-state index in [1.807, 2.05) is 5.38 Å². The predicted octanol–water partition coefficient (Wildman–Crippen LogP) is 3.35. The van der Waals surface area contributed by atoms with Crippen molar-refractivity contribution in [3.05, 3.63) is 58.0 Å². The van der Waals surface area contributed by atoms with E-state index in [1.165, 1.54) is 23.5 Å². The minimum Gasteiger partial charge on any atom is -0.352 e. The molecule has 0 spiro atoms. The molecular weight excluding hydrogens is 377 g/mol. The second-order valence-corrected chi connectivity index (χ2v) is 8.52. The highest BCUT2D eigenvalue weighted by Gasteiger charge is 2.31. The molecule has 0 radical (unpaired) electrons. The van der Waals surface area contributed by atoms with E-state index in [0.29, 0.717) is 11.4 Å². The number of likely N-dealkylation sites (tertiary alicyclic amines) is 1. The maximum atomic E-state index is 13.3. The molecule has 0 bridgehead atoms. The van der Waals surface area contributed by atoms with Crippen molar-refractivity contribution in [2.45, 2.75) is 38.3 Å². The first kappa shape index (κ1) is 20.5. The first-order valence-corrected chi connectivity index (χ1v) is 10.4. The standard InChI is InChI=1S/C21H26FN3O2S/c1-21(2,24-19(26)18-6-5-13-28-18)20(27)23-14-17(25-11-3-4-12-25)15-7-9-16(22)10-8-15/h5-10,13,17H,3-4,11-12,14H2,1-2H3,(H,23,27)(H,24,26). The topological polar surface area (TPSA) is 61.4 Å². The molecule has 7 heteroatoms. The first-order chi connectivity index (χ1) is 13.4. The Balaban J connectivity index is 1.65. The Bertz CT molecular complexity index is 800. The zero-order valence-electron chi connectivity index (χ0n) is 16.2. The Kier molecular flexibility index (Phi) is 6.46. The largest absolute Gasteiger partial charge is 0.352 e. The van der Waals surface area contributed by atoms with E-state index in [4.69, 9.17) is 0 Å². The van der Waals surface area contributed by atoms with Gasteiger partial charge in [0.05, 0.1) is 10.9 Å². The Labute approximate surface area is 168 Å². The van der Waals surface area contributed by atoms with Crippen molar-refractivity contribution in [1.82, 2.24) is 15.5 Å². The number of hydrogen-bond donors (Lipinski definition) is 2. The molecule has 1 aliphatic rings. The summed E-state index contributed by atoms with van der Waals surface area (Å²) < 4.78 is 13.3. The van der Waals surface area contributed by atoms with E-state index >= 15 is 0 Å². The van der Waals surface area contributed by atoms with Gasteiger partial charge in [-0.3, -0.25) is 14.5 Å². The molecule has 1 atom stereocenters.